The van der Waals surface area contributed by atoms with Crippen LogP contribution in [0.15, 0.2) is 42.5 Å². The molecule has 0 aliphatic heterocycles. The molecule has 0 saturated heterocycles. The number of ether oxygens (including phenoxy) is 1. The van der Waals surface area contributed by atoms with Gasteiger partial charge in [-0.15, -0.1) is 0 Å². The van der Waals surface area contributed by atoms with Crippen LogP contribution < -0.4 is 10.5 Å². The smallest absolute Gasteiger partial charge is 0.122 e. The van der Waals surface area contributed by atoms with Crippen LogP contribution in [0.25, 0.3) is 0 Å². The Morgan fingerprint density at radius 2 is 1.95 bits per heavy atom. The molecule has 2 nitrogen and oxygen atoms in total. The van der Waals surface area contributed by atoms with Crippen LogP contribution in [0.2, 0.25) is 5.02 Å². The molecule has 1 unspecified atom stereocenters. The van der Waals surface area contributed by atoms with E-state index in [2.05, 4.69) is 6.07 Å². The molecule has 0 fully saturated rings. The molecule has 0 saturated carbocycles. The number of halogens is 1. The number of hydrogen-bond acceptors (Lipinski definition) is 2. The summed E-state index contributed by atoms with van der Waals surface area (Å²) >= 11 is 6.08. The second-order valence-corrected chi connectivity index (χ2v) is 5.12. The summed E-state index contributed by atoms with van der Waals surface area (Å²) in [6.45, 7) is 2.02. The first-order valence-electron chi connectivity index (χ1n) is 6.24. The predicted molar refractivity (Wildman–Crippen MR) is 79.8 cm³/mol. The van der Waals surface area contributed by atoms with Crippen LogP contribution in [0, 0.1) is 6.92 Å². The zero-order valence-electron chi connectivity index (χ0n) is 11.2. The molecule has 0 radical (unpaired) electrons. The molecule has 0 heterocycles. The number of aryl methyl sites for hydroxylation is 1. The van der Waals surface area contributed by atoms with Crippen molar-refractivity contribution in [1.29, 1.82) is 0 Å². The molecule has 100 valence electrons. The van der Waals surface area contributed by atoms with Crippen molar-refractivity contribution in [3.05, 3.63) is 64.2 Å². The van der Waals surface area contributed by atoms with Crippen molar-refractivity contribution in [2.45, 2.75) is 19.4 Å². The van der Waals surface area contributed by atoms with Gasteiger partial charge >= 0.3 is 0 Å². The van der Waals surface area contributed by atoms with E-state index in [9.17, 15) is 0 Å². The summed E-state index contributed by atoms with van der Waals surface area (Å²) in [6, 6.07) is 13.8. The summed E-state index contributed by atoms with van der Waals surface area (Å²) in [5.41, 5.74) is 9.56. The van der Waals surface area contributed by atoms with Crippen molar-refractivity contribution >= 4 is 11.6 Å². The average Bonchev–Trinajstić information content (AvgIpc) is 2.38. The van der Waals surface area contributed by atoms with Gasteiger partial charge in [-0.1, -0.05) is 35.9 Å². The molecular weight excluding hydrogens is 258 g/mol. The maximum atomic E-state index is 6.27. The van der Waals surface area contributed by atoms with Crippen LogP contribution >= 0.6 is 11.6 Å². The van der Waals surface area contributed by atoms with Crippen molar-refractivity contribution in [2.24, 2.45) is 5.73 Å². The Balaban J connectivity index is 2.22. The molecule has 0 aromatic heterocycles. The number of benzene rings is 2. The van der Waals surface area contributed by atoms with Crippen LogP contribution in [0.4, 0.5) is 0 Å². The SMILES string of the molecule is COc1ccccc1CC(N)c1cc(C)cc(Cl)c1. The number of nitrogens with two attached hydrogens (primary N) is 1. The molecule has 2 aromatic carbocycles. The second-order valence-electron chi connectivity index (χ2n) is 4.68. The van der Waals surface area contributed by atoms with E-state index in [4.69, 9.17) is 22.1 Å². The zero-order chi connectivity index (χ0) is 13.8. The van der Waals surface area contributed by atoms with Crippen LogP contribution in [0.3, 0.4) is 0 Å². The van der Waals surface area contributed by atoms with Gasteiger partial charge in [0.05, 0.1) is 7.11 Å². The van der Waals surface area contributed by atoms with Crippen molar-refractivity contribution in [1.82, 2.24) is 0 Å². The third-order valence-electron chi connectivity index (χ3n) is 3.12. The number of methoxy groups -OCH3 is 1. The van der Waals surface area contributed by atoms with E-state index in [1.165, 1.54) is 0 Å². The largest absolute Gasteiger partial charge is 0.496 e. The van der Waals surface area contributed by atoms with Crippen molar-refractivity contribution < 1.29 is 4.74 Å². The number of hydrogen-bond donors (Lipinski definition) is 1. The zero-order valence-corrected chi connectivity index (χ0v) is 11.9. The maximum Gasteiger partial charge on any atom is 0.122 e. The van der Waals surface area contributed by atoms with Crippen LogP contribution in [-0.4, -0.2) is 7.11 Å². The molecule has 2 N–H and O–H groups in total. The van der Waals surface area contributed by atoms with Gasteiger partial charge in [0.2, 0.25) is 0 Å². The summed E-state index contributed by atoms with van der Waals surface area (Å²) in [5, 5.41) is 0.727. The highest BCUT2D eigenvalue weighted by molar-refractivity contribution is 6.30. The lowest BCUT2D eigenvalue weighted by molar-refractivity contribution is 0.408. The van der Waals surface area contributed by atoms with E-state index >= 15 is 0 Å². The molecule has 2 rings (SSSR count). The lowest BCUT2D eigenvalue weighted by atomic mass is 9.98. The normalized spacial score (nSPS) is 12.2. The van der Waals surface area contributed by atoms with Gasteiger partial charge in [-0.25, -0.2) is 0 Å². The van der Waals surface area contributed by atoms with Gasteiger partial charge in [-0.2, -0.15) is 0 Å². The summed E-state index contributed by atoms with van der Waals surface area (Å²) < 4.78 is 5.35. The Hall–Kier alpha value is -1.51. The minimum Gasteiger partial charge on any atom is -0.496 e. The Labute approximate surface area is 119 Å². The topological polar surface area (TPSA) is 35.2 Å². The minimum atomic E-state index is -0.0892. The predicted octanol–water partition coefficient (Wildman–Crippen LogP) is 3.90. The molecule has 0 amide bonds. The van der Waals surface area contributed by atoms with Crippen molar-refractivity contribution in [3.8, 4) is 5.75 Å². The van der Waals surface area contributed by atoms with Crippen LogP contribution in [0.5, 0.6) is 5.75 Å². The van der Waals surface area contributed by atoms with E-state index in [-0.39, 0.29) is 6.04 Å². The van der Waals surface area contributed by atoms with Gasteiger partial charge in [-0.05, 0) is 48.2 Å². The molecule has 0 spiro atoms. The molecule has 0 bridgehead atoms. The Kier molecular flexibility index (Phi) is 4.46. The molecule has 3 heteroatoms. The second kappa shape index (κ2) is 6.09. The van der Waals surface area contributed by atoms with Crippen LogP contribution in [0.1, 0.15) is 22.7 Å². The molecular formula is C16H18ClNO. The minimum absolute atomic E-state index is 0.0892. The van der Waals surface area contributed by atoms with E-state index < -0.39 is 0 Å². The summed E-state index contributed by atoms with van der Waals surface area (Å²) in [5.74, 6) is 0.872. The van der Waals surface area contributed by atoms with Crippen molar-refractivity contribution in [3.63, 3.8) is 0 Å². The molecule has 0 aliphatic carbocycles. The first-order chi connectivity index (χ1) is 9.10. The fraction of sp³-hybridized carbons (Fsp3) is 0.250. The fourth-order valence-corrected chi connectivity index (χ4v) is 2.50. The number of para-hydroxylation sites is 1. The van der Waals surface area contributed by atoms with E-state index in [0.29, 0.717) is 0 Å². The van der Waals surface area contributed by atoms with E-state index in [1.54, 1.807) is 7.11 Å². The van der Waals surface area contributed by atoms with Gasteiger partial charge in [0.15, 0.2) is 0 Å². The summed E-state index contributed by atoms with van der Waals surface area (Å²) in [6.07, 6.45) is 0.726. The van der Waals surface area contributed by atoms with Gasteiger partial charge in [0.25, 0.3) is 0 Å². The highest BCUT2D eigenvalue weighted by Gasteiger charge is 2.11. The average molecular weight is 276 g/mol. The van der Waals surface area contributed by atoms with Crippen LogP contribution in [-0.2, 0) is 6.42 Å². The summed E-state index contributed by atoms with van der Waals surface area (Å²) in [4.78, 5) is 0. The van der Waals surface area contributed by atoms with Gasteiger partial charge < -0.3 is 10.5 Å². The lowest BCUT2D eigenvalue weighted by Crippen LogP contribution is -2.14. The maximum absolute atomic E-state index is 6.27. The lowest BCUT2D eigenvalue weighted by Gasteiger charge is -2.15. The Morgan fingerprint density at radius 1 is 1.21 bits per heavy atom. The Bertz CT molecular complexity index is 548. The standard InChI is InChI=1S/C16H18ClNO/c1-11-7-13(9-14(17)8-11)15(18)10-12-5-3-4-6-16(12)19-2/h3-9,15H,10,18H2,1-2H3. The molecule has 19 heavy (non-hydrogen) atoms. The number of rotatable bonds is 4. The van der Waals surface area contributed by atoms with E-state index in [0.717, 1.165) is 33.9 Å². The first-order valence-corrected chi connectivity index (χ1v) is 6.62. The molecule has 1 atom stereocenters. The quantitative estimate of drug-likeness (QED) is 0.918. The third-order valence-corrected chi connectivity index (χ3v) is 3.34. The Morgan fingerprint density at radius 3 is 2.63 bits per heavy atom. The molecule has 2 aromatic rings. The monoisotopic (exact) mass is 275 g/mol. The van der Waals surface area contributed by atoms with Gasteiger partial charge in [0.1, 0.15) is 5.75 Å². The first kappa shape index (κ1) is 13.9. The molecule has 0 aliphatic rings. The van der Waals surface area contributed by atoms with Gasteiger partial charge in [0, 0.05) is 11.1 Å². The summed E-state index contributed by atoms with van der Waals surface area (Å²) in [7, 11) is 1.67. The fourth-order valence-electron chi connectivity index (χ4n) is 2.21. The van der Waals surface area contributed by atoms with Crippen molar-refractivity contribution in [2.75, 3.05) is 7.11 Å². The third kappa shape index (κ3) is 3.49. The van der Waals surface area contributed by atoms with Gasteiger partial charge in [-0.3, -0.25) is 0 Å². The highest BCUT2D eigenvalue weighted by atomic mass is 35.5. The highest BCUT2D eigenvalue weighted by Crippen LogP contribution is 2.25. The van der Waals surface area contributed by atoms with E-state index in [1.807, 2.05) is 43.3 Å².